The summed E-state index contributed by atoms with van der Waals surface area (Å²) in [7, 11) is 0. The zero-order valence-corrected chi connectivity index (χ0v) is 13.8. The highest BCUT2D eigenvalue weighted by atomic mass is 19.4. The average Bonchev–Trinajstić information content (AvgIpc) is 2.50. The minimum absolute atomic E-state index is 0.0269. The molecule has 1 heterocycles. The van der Waals surface area contributed by atoms with Gasteiger partial charge in [0.05, 0.1) is 5.69 Å². The Labute approximate surface area is 146 Å². The number of rotatable bonds is 2. The predicted octanol–water partition coefficient (Wildman–Crippen LogP) is 2.82. The highest BCUT2D eigenvalue weighted by Crippen LogP contribution is 2.32. The quantitative estimate of drug-likeness (QED) is 0.470. The standard InChI is InChI=1S/C15H18F5N5O/c1-9-8-25(7-6-14(9,16)17)13(22)24-12(21)23-10-2-4-11(5-3-10)26-15(18,19)20/h2-5,9H,6-8H2,1H3,(H4,21,22,23,24). The molecule has 0 aliphatic carbocycles. The minimum Gasteiger partial charge on any atom is -0.406 e. The molecule has 26 heavy (non-hydrogen) atoms. The van der Waals surface area contributed by atoms with Crippen molar-refractivity contribution in [1.82, 2.24) is 4.90 Å². The van der Waals surface area contributed by atoms with E-state index < -0.39 is 24.0 Å². The summed E-state index contributed by atoms with van der Waals surface area (Å²) in [5.41, 5.74) is 11.6. The van der Waals surface area contributed by atoms with Crippen molar-refractivity contribution >= 4 is 17.6 Å². The van der Waals surface area contributed by atoms with Gasteiger partial charge < -0.3 is 21.1 Å². The van der Waals surface area contributed by atoms with Crippen molar-refractivity contribution in [3.05, 3.63) is 24.3 Å². The molecule has 1 aliphatic heterocycles. The van der Waals surface area contributed by atoms with E-state index in [0.29, 0.717) is 0 Å². The van der Waals surface area contributed by atoms with E-state index in [9.17, 15) is 22.0 Å². The van der Waals surface area contributed by atoms with E-state index in [4.69, 9.17) is 11.5 Å². The molecule has 0 aromatic heterocycles. The Morgan fingerprint density at radius 1 is 1.23 bits per heavy atom. The second kappa shape index (κ2) is 7.34. The summed E-state index contributed by atoms with van der Waals surface area (Å²) >= 11 is 0. The second-order valence-electron chi connectivity index (χ2n) is 5.84. The Balaban J connectivity index is 2.03. The number of likely N-dealkylation sites (tertiary alicyclic amines) is 1. The lowest BCUT2D eigenvalue weighted by Gasteiger charge is -2.37. The van der Waals surface area contributed by atoms with Gasteiger partial charge in [-0.05, 0) is 24.3 Å². The number of halogens is 5. The third-order valence-corrected chi connectivity index (χ3v) is 3.80. The Kier molecular flexibility index (Phi) is 5.57. The third kappa shape index (κ3) is 5.46. The number of guanidine groups is 2. The van der Waals surface area contributed by atoms with E-state index in [1.165, 1.54) is 24.0 Å². The molecule has 1 aromatic rings. The number of benzene rings is 1. The highest BCUT2D eigenvalue weighted by Gasteiger charge is 2.41. The maximum absolute atomic E-state index is 13.5. The van der Waals surface area contributed by atoms with Crippen LogP contribution in [0.25, 0.3) is 0 Å². The van der Waals surface area contributed by atoms with Gasteiger partial charge in [0, 0.05) is 25.4 Å². The largest absolute Gasteiger partial charge is 0.573 e. The first-order chi connectivity index (χ1) is 12.0. The normalized spacial score (nSPS) is 21.6. The molecular formula is C15H18F5N5O. The molecule has 0 radical (unpaired) electrons. The van der Waals surface area contributed by atoms with Crippen LogP contribution in [0.1, 0.15) is 13.3 Å². The van der Waals surface area contributed by atoms with Crippen LogP contribution in [-0.4, -0.2) is 42.2 Å². The zero-order chi connectivity index (χ0) is 19.5. The lowest BCUT2D eigenvalue weighted by atomic mass is 9.96. The Bertz CT molecular complexity index is 687. The number of aliphatic imine (C=N–C) groups is 2. The van der Waals surface area contributed by atoms with Gasteiger partial charge >= 0.3 is 6.36 Å². The van der Waals surface area contributed by atoms with Gasteiger partial charge in [0.1, 0.15) is 5.75 Å². The molecule has 4 N–H and O–H groups in total. The Hall–Kier alpha value is -2.59. The van der Waals surface area contributed by atoms with Gasteiger partial charge in [0.25, 0.3) is 5.92 Å². The van der Waals surface area contributed by atoms with Crippen LogP contribution in [0, 0.1) is 5.92 Å². The summed E-state index contributed by atoms with van der Waals surface area (Å²) in [5.74, 6) is -4.34. The number of nitrogens with zero attached hydrogens (tertiary/aromatic N) is 3. The first-order valence-corrected chi connectivity index (χ1v) is 7.63. The van der Waals surface area contributed by atoms with Crippen molar-refractivity contribution < 1.29 is 26.7 Å². The third-order valence-electron chi connectivity index (χ3n) is 3.80. The van der Waals surface area contributed by atoms with Gasteiger partial charge in [-0.2, -0.15) is 4.99 Å². The second-order valence-corrected chi connectivity index (χ2v) is 5.84. The van der Waals surface area contributed by atoms with Gasteiger partial charge in [0.15, 0.2) is 5.96 Å². The molecule has 0 amide bonds. The number of piperidine rings is 1. The molecule has 11 heteroatoms. The molecule has 1 fully saturated rings. The summed E-state index contributed by atoms with van der Waals surface area (Å²) in [4.78, 5) is 9.22. The Morgan fingerprint density at radius 2 is 1.85 bits per heavy atom. The molecule has 2 rings (SSSR count). The lowest BCUT2D eigenvalue weighted by Crippen LogP contribution is -2.51. The van der Waals surface area contributed by atoms with Crippen LogP contribution in [0.4, 0.5) is 27.6 Å². The van der Waals surface area contributed by atoms with Crippen LogP contribution in [0.2, 0.25) is 0 Å². The molecule has 1 unspecified atom stereocenters. The molecule has 1 saturated heterocycles. The first kappa shape index (κ1) is 19.7. The van der Waals surface area contributed by atoms with E-state index in [-0.39, 0.29) is 37.1 Å². The monoisotopic (exact) mass is 379 g/mol. The van der Waals surface area contributed by atoms with Crippen LogP contribution in [0.3, 0.4) is 0 Å². The maximum atomic E-state index is 13.5. The van der Waals surface area contributed by atoms with Gasteiger partial charge in [-0.3, -0.25) is 0 Å². The van der Waals surface area contributed by atoms with Gasteiger partial charge in [-0.25, -0.2) is 13.8 Å². The van der Waals surface area contributed by atoms with E-state index in [1.807, 2.05) is 0 Å². The highest BCUT2D eigenvalue weighted by molar-refractivity contribution is 5.94. The van der Waals surface area contributed by atoms with E-state index in [2.05, 4.69) is 14.7 Å². The van der Waals surface area contributed by atoms with Crippen molar-refractivity contribution in [3.8, 4) is 5.75 Å². The average molecular weight is 379 g/mol. The van der Waals surface area contributed by atoms with Gasteiger partial charge in [0.2, 0.25) is 5.96 Å². The lowest BCUT2D eigenvalue weighted by molar-refractivity contribution is -0.274. The molecule has 1 aromatic carbocycles. The number of alkyl halides is 5. The number of ether oxygens (including phenoxy) is 1. The molecule has 0 spiro atoms. The predicted molar refractivity (Wildman–Crippen MR) is 86.3 cm³/mol. The van der Waals surface area contributed by atoms with Crippen molar-refractivity contribution in [2.24, 2.45) is 27.4 Å². The molecule has 0 saturated carbocycles. The summed E-state index contributed by atoms with van der Waals surface area (Å²) in [6.45, 7) is 1.48. The van der Waals surface area contributed by atoms with Crippen LogP contribution in [0.15, 0.2) is 34.3 Å². The topological polar surface area (TPSA) is 89.2 Å². The maximum Gasteiger partial charge on any atom is 0.573 e. The summed E-state index contributed by atoms with van der Waals surface area (Å²) < 4.78 is 67.0. The fraction of sp³-hybridized carbons (Fsp3) is 0.467. The Morgan fingerprint density at radius 3 is 2.38 bits per heavy atom. The van der Waals surface area contributed by atoms with Crippen LogP contribution in [0.5, 0.6) is 5.75 Å². The van der Waals surface area contributed by atoms with E-state index >= 15 is 0 Å². The van der Waals surface area contributed by atoms with Crippen LogP contribution in [-0.2, 0) is 0 Å². The van der Waals surface area contributed by atoms with Gasteiger partial charge in [-0.15, -0.1) is 13.2 Å². The van der Waals surface area contributed by atoms with Crippen molar-refractivity contribution in [3.63, 3.8) is 0 Å². The van der Waals surface area contributed by atoms with Crippen molar-refractivity contribution in [1.29, 1.82) is 0 Å². The molecule has 6 nitrogen and oxygen atoms in total. The van der Waals surface area contributed by atoms with Crippen LogP contribution < -0.4 is 16.2 Å². The molecule has 144 valence electrons. The first-order valence-electron chi connectivity index (χ1n) is 7.63. The number of hydrogen-bond acceptors (Lipinski definition) is 2. The van der Waals surface area contributed by atoms with Crippen LogP contribution >= 0.6 is 0 Å². The zero-order valence-electron chi connectivity index (χ0n) is 13.8. The molecular weight excluding hydrogens is 361 g/mol. The fourth-order valence-corrected chi connectivity index (χ4v) is 2.36. The SMILES string of the molecule is CC1CN(/C(N)=N/C(N)=Nc2ccc(OC(F)(F)F)cc2)CCC1(F)F. The minimum atomic E-state index is -4.79. The van der Waals surface area contributed by atoms with E-state index in [1.54, 1.807) is 0 Å². The van der Waals surface area contributed by atoms with Crippen molar-refractivity contribution in [2.45, 2.75) is 25.6 Å². The van der Waals surface area contributed by atoms with Gasteiger partial charge in [-0.1, -0.05) is 6.92 Å². The summed E-state index contributed by atoms with van der Waals surface area (Å²) in [5, 5.41) is 0. The smallest absolute Gasteiger partial charge is 0.406 e. The number of nitrogens with two attached hydrogens (primary N) is 2. The molecule has 1 atom stereocenters. The van der Waals surface area contributed by atoms with Crippen molar-refractivity contribution in [2.75, 3.05) is 13.1 Å². The molecule has 1 aliphatic rings. The van der Waals surface area contributed by atoms with E-state index in [0.717, 1.165) is 12.1 Å². The fourth-order valence-electron chi connectivity index (χ4n) is 2.36. The summed E-state index contributed by atoms with van der Waals surface area (Å²) in [6.07, 6.45) is -5.13. The number of hydrogen-bond donors (Lipinski definition) is 2. The summed E-state index contributed by atoms with van der Waals surface area (Å²) in [6, 6.07) is 4.65. The molecule has 0 bridgehead atoms.